The van der Waals surface area contributed by atoms with E-state index >= 15 is 0 Å². The fourth-order valence-corrected chi connectivity index (χ4v) is 1.60. The van der Waals surface area contributed by atoms with Crippen LogP contribution < -0.4 is 10.1 Å². The lowest BCUT2D eigenvalue weighted by Crippen LogP contribution is -2.26. The molecule has 0 radical (unpaired) electrons. The molecule has 3 nitrogen and oxygen atoms in total. The number of hydrogen-bond donors (Lipinski definition) is 1. The molecule has 0 fully saturated rings. The number of rotatable bonds is 5. The fraction of sp³-hybridized carbons (Fsp3) is 0.533. The standard InChI is InChI=1S/C15H23NO2/c1-5-14(17)16-11-10-12-8-6-7-9-13(12)18-15(2,3)4/h6-9H,5,10-11H2,1-4H3,(H,16,17). The maximum absolute atomic E-state index is 11.2. The van der Waals surface area contributed by atoms with Crippen molar-refractivity contribution in [1.29, 1.82) is 0 Å². The zero-order valence-electron chi connectivity index (χ0n) is 11.7. The Hall–Kier alpha value is -1.51. The third-order valence-electron chi connectivity index (χ3n) is 2.43. The molecule has 1 rings (SSSR count). The van der Waals surface area contributed by atoms with Gasteiger partial charge < -0.3 is 10.1 Å². The summed E-state index contributed by atoms with van der Waals surface area (Å²) in [6.07, 6.45) is 1.32. The second-order valence-electron chi connectivity index (χ2n) is 5.28. The molecule has 0 atom stereocenters. The van der Waals surface area contributed by atoms with Crippen molar-refractivity contribution in [3.63, 3.8) is 0 Å². The molecule has 0 aliphatic heterocycles. The highest BCUT2D eigenvalue weighted by Gasteiger charge is 2.14. The molecule has 100 valence electrons. The van der Waals surface area contributed by atoms with E-state index in [2.05, 4.69) is 5.32 Å². The predicted molar refractivity (Wildman–Crippen MR) is 73.8 cm³/mol. The minimum absolute atomic E-state index is 0.0872. The summed E-state index contributed by atoms with van der Waals surface area (Å²) in [7, 11) is 0. The van der Waals surface area contributed by atoms with E-state index in [1.54, 1.807) is 0 Å². The zero-order chi connectivity index (χ0) is 13.6. The van der Waals surface area contributed by atoms with Crippen molar-refractivity contribution < 1.29 is 9.53 Å². The molecular weight excluding hydrogens is 226 g/mol. The first-order chi connectivity index (χ1) is 8.42. The van der Waals surface area contributed by atoms with Crippen molar-refractivity contribution in [1.82, 2.24) is 5.32 Å². The van der Waals surface area contributed by atoms with E-state index in [4.69, 9.17) is 4.74 Å². The van der Waals surface area contributed by atoms with Gasteiger partial charge in [-0.2, -0.15) is 0 Å². The third-order valence-corrected chi connectivity index (χ3v) is 2.43. The van der Waals surface area contributed by atoms with Gasteiger partial charge in [-0.1, -0.05) is 25.1 Å². The summed E-state index contributed by atoms with van der Waals surface area (Å²) in [6, 6.07) is 7.98. The Morgan fingerprint density at radius 1 is 1.28 bits per heavy atom. The summed E-state index contributed by atoms with van der Waals surface area (Å²) >= 11 is 0. The molecule has 0 unspecified atom stereocenters. The van der Waals surface area contributed by atoms with E-state index in [9.17, 15) is 4.79 Å². The van der Waals surface area contributed by atoms with Crippen molar-refractivity contribution in [2.75, 3.05) is 6.54 Å². The molecule has 0 aliphatic carbocycles. The van der Waals surface area contributed by atoms with E-state index in [1.807, 2.05) is 52.0 Å². The first kappa shape index (κ1) is 14.6. The summed E-state index contributed by atoms with van der Waals surface area (Å²) in [5.41, 5.74) is 0.923. The van der Waals surface area contributed by atoms with Crippen LogP contribution in [0.5, 0.6) is 5.75 Å². The molecule has 3 heteroatoms. The van der Waals surface area contributed by atoms with Gasteiger partial charge in [0.25, 0.3) is 0 Å². The molecule has 0 heterocycles. The number of ether oxygens (including phenoxy) is 1. The van der Waals surface area contributed by atoms with Crippen LogP contribution >= 0.6 is 0 Å². The van der Waals surface area contributed by atoms with E-state index < -0.39 is 0 Å². The van der Waals surface area contributed by atoms with Crippen LogP contribution in [0.4, 0.5) is 0 Å². The Morgan fingerprint density at radius 2 is 1.94 bits per heavy atom. The van der Waals surface area contributed by atoms with Crippen LogP contribution in [0.25, 0.3) is 0 Å². The van der Waals surface area contributed by atoms with Crippen molar-refractivity contribution in [2.24, 2.45) is 0 Å². The molecule has 0 aliphatic rings. The van der Waals surface area contributed by atoms with Crippen LogP contribution in [0, 0.1) is 0 Å². The maximum Gasteiger partial charge on any atom is 0.219 e. The monoisotopic (exact) mass is 249 g/mol. The summed E-state index contributed by atoms with van der Waals surface area (Å²) in [5, 5.41) is 2.88. The number of hydrogen-bond acceptors (Lipinski definition) is 2. The summed E-state index contributed by atoms with van der Waals surface area (Å²) in [5.74, 6) is 0.986. The van der Waals surface area contributed by atoms with Crippen LogP contribution in [-0.4, -0.2) is 18.1 Å². The predicted octanol–water partition coefficient (Wildman–Crippen LogP) is 2.93. The van der Waals surface area contributed by atoms with Gasteiger partial charge in [-0.3, -0.25) is 4.79 Å². The molecule has 1 amide bonds. The summed E-state index contributed by atoms with van der Waals surface area (Å²) in [6.45, 7) is 8.59. The fourth-order valence-electron chi connectivity index (χ4n) is 1.60. The van der Waals surface area contributed by atoms with Gasteiger partial charge in [0.1, 0.15) is 11.4 Å². The normalized spacial score (nSPS) is 11.1. The summed E-state index contributed by atoms with van der Waals surface area (Å²) < 4.78 is 5.90. The smallest absolute Gasteiger partial charge is 0.219 e. The lowest BCUT2D eigenvalue weighted by molar-refractivity contribution is -0.120. The number of amides is 1. The lowest BCUT2D eigenvalue weighted by atomic mass is 10.1. The molecule has 1 aromatic carbocycles. The molecule has 0 spiro atoms. The Morgan fingerprint density at radius 3 is 2.56 bits per heavy atom. The van der Waals surface area contributed by atoms with Gasteiger partial charge in [0.15, 0.2) is 0 Å². The molecule has 0 bridgehead atoms. The van der Waals surface area contributed by atoms with Crippen LogP contribution in [0.1, 0.15) is 39.7 Å². The molecule has 1 N–H and O–H groups in total. The van der Waals surface area contributed by atoms with Crippen molar-refractivity contribution in [2.45, 2.75) is 46.1 Å². The Balaban J connectivity index is 2.62. The highest BCUT2D eigenvalue weighted by Crippen LogP contribution is 2.23. The van der Waals surface area contributed by atoms with Gasteiger partial charge in [-0.25, -0.2) is 0 Å². The van der Waals surface area contributed by atoms with Crippen LogP contribution in [0.2, 0.25) is 0 Å². The van der Waals surface area contributed by atoms with Gasteiger partial charge >= 0.3 is 0 Å². The largest absolute Gasteiger partial charge is 0.488 e. The molecular formula is C15H23NO2. The molecule has 18 heavy (non-hydrogen) atoms. The maximum atomic E-state index is 11.2. The van der Waals surface area contributed by atoms with E-state index in [0.29, 0.717) is 13.0 Å². The number of nitrogens with one attached hydrogen (secondary N) is 1. The number of benzene rings is 1. The highest BCUT2D eigenvalue weighted by atomic mass is 16.5. The van der Waals surface area contributed by atoms with E-state index in [1.165, 1.54) is 0 Å². The van der Waals surface area contributed by atoms with Crippen molar-refractivity contribution >= 4 is 5.91 Å². The first-order valence-electron chi connectivity index (χ1n) is 6.46. The molecule has 0 saturated carbocycles. The molecule has 1 aromatic rings. The Kier molecular flexibility index (Phi) is 5.20. The quantitative estimate of drug-likeness (QED) is 0.871. The number of carbonyl (C=O) groups excluding carboxylic acids is 1. The Bertz CT molecular complexity index is 394. The van der Waals surface area contributed by atoms with Gasteiger partial charge in [-0.05, 0) is 38.8 Å². The van der Waals surface area contributed by atoms with E-state index in [0.717, 1.165) is 17.7 Å². The van der Waals surface area contributed by atoms with Gasteiger partial charge in [-0.15, -0.1) is 0 Å². The average molecular weight is 249 g/mol. The second kappa shape index (κ2) is 6.43. The second-order valence-corrected chi connectivity index (χ2v) is 5.28. The molecule has 0 aromatic heterocycles. The SMILES string of the molecule is CCC(=O)NCCc1ccccc1OC(C)(C)C. The van der Waals surface area contributed by atoms with Crippen LogP contribution in [0.3, 0.4) is 0 Å². The van der Waals surface area contributed by atoms with Gasteiger partial charge in [0.05, 0.1) is 0 Å². The van der Waals surface area contributed by atoms with Gasteiger partial charge in [0, 0.05) is 13.0 Å². The minimum atomic E-state index is -0.206. The van der Waals surface area contributed by atoms with Crippen LogP contribution in [0.15, 0.2) is 24.3 Å². The topological polar surface area (TPSA) is 38.3 Å². The lowest BCUT2D eigenvalue weighted by Gasteiger charge is -2.23. The van der Waals surface area contributed by atoms with E-state index in [-0.39, 0.29) is 11.5 Å². The molecule has 0 saturated heterocycles. The summed E-state index contributed by atoms with van der Waals surface area (Å²) in [4.78, 5) is 11.2. The number of carbonyl (C=O) groups is 1. The highest BCUT2D eigenvalue weighted by molar-refractivity contribution is 5.75. The first-order valence-corrected chi connectivity index (χ1v) is 6.46. The van der Waals surface area contributed by atoms with Crippen LogP contribution in [-0.2, 0) is 11.2 Å². The Labute approximate surface area is 110 Å². The van der Waals surface area contributed by atoms with Gasteiger partial charge in [0.2, 0.25) is 5.91 Å². The van der Waals surface area contributed by atoms with Crippen molar-refractivity contribution in [3.05, 3.63) is 29.8 Å². The average Bonchev–Trinajstić information content (AvgIpc) is 2.29. The zero-order valence-corrected chi connectivity index (χ0v) is 11.7. The van der Waals surface area contributed by atoms with Crippen molar-refractivity contribution in [3.8, 4) is 5.75 Å². The third kappa shape index (κ3) is 5.21. The minimum Gasteiger partial charge on any atom is -0.488 e. The number of para-hydroxylation sites is 1.